The highest BCUT2D eigenvalue weighted by molar-refractivity contribution is 5.28. The molecule has 4 nitrogen and oxygen atoms in total. The topological polar surface area (TPSA) is 47.0 Å². The Morgan fingerprint density at radius 2 is 2.31 bits per heavy atom. The third-order valence-electron chi connectivity index (χ3n) is 2.50. The molecule has 0 atom stereocenters. The first-order valence-corrected chi connectivity index (χ1v) is 5.16. The Labute approximate surface area is 93.5 Å². The van der Waals surface area contributed by atoms with Gasteiger partial charge in [-0.2, -0.15) is 0 Å². The SMILES string of the molecule is COc1cccc(CCn2cc[nH]c2=O)c1. The van der Waals surface area contributed by atoms with Gasteiger partial charge in [-0.25, -0.2) is 4.79 Å². The van der Waals surface area contributed by atoms with Gasteiger partial charge in [0, 0.05) is 18.9 Å². The molecule has 4 heteroatoms. The number of aromatic nitrogens is 2. The van der Waals surface area contributed by atoms with Crippen molar-refractivity contribution in [3.8, 4) is 5.75 Å². The summed E-state index contributed by atoms with van der Waals surface area (Å²) >= 11 is 0. The highest BCUT2D eigenvalue weighted by Gasteiger charge is 1.98. The maximum absolute atomic E-state index is 11.2. The molecule has 0 saturated carbocycles. The van der Waals surface area contributed by atoms with E-state index in [0.29, 0.717) is 6.54 Å². The summed E-state index contributed by atoms with van der Waals surface area (Å²) in [4.78, 5) is 13.9. The summed E-state index contributed by atoms with van der Waals surface area (Å²) in [6, 6.07) is 7.87. The van der Waals surface area contributed by atoms with E-state index in [1.165, 1.54) is 0 Å². The third kappa shape index (κ3) is 2.34. The van der Waals surface area contributed by atoms with E-state index < -0.39 is 0 Å². The number of aryl methyl sites for hydroxylation is 2. The molecule has 1 aromatic heterocycles. The normalized spacial score (nSPS) is 10.3. The van der Waals surface area contributed by atoms with E-state index in [1.807, 2.05) is 24.3 Å². The Hall–Kier alpha value is -1.97. The first-order chi connectivity index (χ1) is 7.79. The molecular formula is C12H14N2O2. The molecule has 0 fully saturated rings. The van der Waals surface area contributed by atoms with Gasteiger partial charge in [0.1, 0.15) is 5.75 Å². The summed E-state index contributed by atoms with van der Waals surface area (Å²) in [5, 5.41) is 0. The molecule has 84 valence electrons. The summed E-state index contributed by atoms with van der Waals surface area (Å²) in [5.74, 6) is 0.846. The van der Waals surface area contributed by atoms with Gasteiger partial charge in [0.15, 0.2) is 0 Å². The van der Waals surface area contributed by atoms with Crippen molar-refractivity contribution in [2.24, 2.45) is 0 Å². The standard InChI is InChI=1S/C12H14N2O2/c1-16-11-4-2-3-10(9-11)5-7-14-8-6-13-12(14)15/h2-4,6,8-9H,5,7H2,1H3,(H,13,15). The Kier molecular flexibility index (Phi) is 3.10. The van der Waals surface area contributed by atoms with Crippen molar-refractivity contribution in [3.63, 3.8) is 0 Å². The van der Waals surface area contributed by atoms with Crippen LogP contribution in [0.2, 0.25) is 0 Å². The zero-order valence-electron chi connectivity index (χ0n) is 9.14. The highest BCUT2D eigenvalue weighted by atomic mass is 16.5. The Bertz CT molecular complexity index is 513. The van der Waals surface area contributed by atoms with E-state index in [4.69, 9.17) is 4.74 Å². The molecular weight excluding hydrogens is 204 g/mol. The highest BCUT2D eigenvalue weighted by Crippen LogP contribution is 2.13. The molecule has 0 amide bonds. The number of aromatic amines is 1. The number of ether oxygens (including phenoxy) is 1. The second kappa shape index (κ2) is 4.70. The van der Waals surface area contributed by atoms with Gasteiger partial charge in [-0.05, 0) is 24.1 Å². The number of hydrogen-bond donors (Lipinski definition) is 1. The Balaban J connectivity index is 2.05. The summed E-state index contributed by atoms with van der Waals surface area (Å²) in [6.45, 7) is 0.676. The largest absolute Gasteiger partial charge is 0.497 e. The third-order valence-corrected chi connectivity index (χ3v) is 2.50. The smallest absolute Gasteiger partial charge is 0.325 e. The molecule has 0 bridgehead atoms. The Morgan fingerprint density at radius 1 is 1.44 bits per heavy atom. The Morgan fingerprint density at radius 3 is 3.00 bits per heavy atom. The molecule has 0 unspecified atom stereocenters. The van der Waals surface area contributed by atoms with Crippen molar-refractivity contribution in [1.29, 1.82) is 0 Å². The first-order valence-electron chi connectivity index (χ1n) is 5.16. The predicted octanol–water partition coefficient (Wildman–Crippen LogP) is 1.43. The minimum atomic E-state index is -0.0668. The molecule has 0 radical (unpaired) electrons. The van der Waals surface area contributed by atoms with Crippen molar-refractivity contribution in [2.45, 2.75) is 13.0 Å². The van der Waals surface area contributed by atoms with Crippen molar-refractivity contribution >= 4 is 0 Å². The van der Waals surface area contributed by atoms with Gasteiger partial charge in [0.2, 0.25) is 0 Å². The molecule has 1 heterocycles. The first kappa shape index (κ1) is 10.5. The van der Waals surface area contributed by atoms with Crippen LogP contribution < -0.4 is 10.4 Å². The molecule has 1 N–H and O–H groups in total. The van der Waals surface area contributed by atoms with Crippen LogP contribution in [0.25, 0.3) is 0 Å². The number of hydrogen-bond acceptors (Lipinski definition) is 2. The summed E-state index contributed by atoms with van der Waals surface area (Å²) in [6.07, 6.45) is 4.21. The second-order valence-corrected chi connectivity index (χ2v) is 3.56. The minimum absolute atomic E-state index is 0.0668. The zero-order chi connectivity index (χ0) is 11.4. The van der Waals surface area contributed by atoms with Gasteiger partial charge >= 0.3 is 5.69 Å². The molecule has 2 rings (SSSR count). The van der Waals surface area contributed by atoms with Crippen LogP contribution in [0.5, 0.6) is 5.75 Å². The maximum atomic E-state index is 11.2. The fourth-order valence-electron chi connectivity index (χ4n) is 1.60. The average Bonchev–Trinajstić information content (AvgIpc) is 2.72. The second-order valence-electron chi connectivity index (χ2n) is 3.56. The summed E-state index contributed by atoms with van der Waals surface area (Å²) in [7, 11) is 1.65. The average molecular weight is 218 g/mol. The summed E-state index contributed by atoms with van der Waals surface area (Å²) < 4.78 is 6.79. The van der Waals surface area contributed by atoms with Gasteiger partial charge in [0.05, 0.1) is 7.11 Å². The van der Waals surface area contributed by atoms with E-state index in [0.717, 1.165) is 17.7 Å². The van der Waals surface area contributed by atoms with Crippen molar-refractivity contribution in [2.75, 3.05) is 7.11 Å². The van der Waals surface area contributed by atoms with Gasteiger partial charge in [-0.1, -0.05) is 12.1 Å². The number of imidazole rings is 1. The van der Waals surface area contributed by atoms with E-state index in [-0.39, 0.29) is 5.69 Å². The van der Waals surface area contributed by atoms with Crippen LogP contribution in [0, 0.1) is 0 Å². The molecule has 0 spiro atoms. The predicted molar refractivity (Wildman–Crippen MR) is 61.8 cm³/mol. The molecule has 0 aliphatic rings. The lowest BCUT2D eigenvalue weighted by molar-refractivity contribution is 0.414. The number of rotatable bonds is 4. The number of benzene rings is 1. The van der Waals surface area contributed by atoms with E-state index in [2.05, 4.69) is 4.98 Å². The fourth-order valence-corrected chi connectivity index (χ4v) is 1.60. The van der Waals surface area contributed by atoms with Crippen LogP contribution in [0.1, 0.15) is 5.56 Å². The molecule has 0 saturated heterocycles. The van der Waals surface area contributed by atoms with E-state index in [1.54, 1.807) is 24.1 Å². The van der Waals surface area contributed by atoms with Crippen LogP contribution in [-0.4, -0.2) is 16.7 Å². The minimum Gasteiger partial charge on any atom is -0.497 e. The molecule has 1 aromatic carbocycles. The van der Waals surface area contributed by atoms with Crippen LogP contribution in [0.15, 0.2) is 41.5 Å². The lowest BCUT2D eigenvalue weighted by Gasteiger charge is -2.04. The summed E-state index contributed by atoms with van der Waals surface area (Å²) in [5.41, 5.74) is 1.09. The quantitative estimate of drug-likeness (QED) is 0.843. The molecule has 16 heavy (non-hydrogen) atoms. The molecule has 0 aliphatic heterocycles. The molecule has 0 aliphatic carbocycles. The van der Waals surface area contributed by atoms with Crippen molar-refractivity contribution < 1.29 is 4.74 Å². The van der Waals surface area contributed by atoms with E-state index >= 15 is 0 Å². The monoisotopic (exact) mass is 218 g/mol. The van der Waals surface area contributed by atoms with Gasteiger partial charge in [-0.15, -0.1) is 0 Å². The van der Waals surface area contributed by atoms with Gasteiger partial charge in [0.25, 0.3) is 0 Å². The van der Waals surface area contributed by atoms with Crippen molar-refractivity contribution in [1.82, 2.24) is 9.55 Å². The van der Waals surface area contributed by atoms with Crippen LogP contribution in [0.3, 0.4) is 0 Å². The number of nitrogens with one attached hydrogen (secondary N) is 1. The zero-order valence-corrected chi connectivity index (χ0v) is 9.14. The van der Waals surface area contributed by atoms with Gasteiger partial charge in [-0.3, -0.25) is 4.57 Å². The maximum Gasteiger partial charge on any atom is 0.325 e. The molecule has 2 aromatic rings. The van der Waals surface area contributed by atoms with Crippen LogP contribution in [0.4, 0.5) is 0 Å². The number of methoxy groups -OCH3 is 1. The lowest BCUT2D eigenvalue weighted by Crippen LogP contribution is -2.17. The van der Waals surface area contributed by atoms with Crippen LogP contribution in [-0.2, 0) is 13.0 Å². The van der Waals surface area contributed by atoms with Crippen molar-refractivity contribution in [3.05, 3.63) is 52.7 Å². The van der Waals surface area contributed by atoms with Crippen LogP contribution >= 0.6 is 0 Å². The lowest BCUT2D eigenvalue weighted by atomic mass is 10.1. The van der Waals surface area contributed by atoms with Gasteiger partial charge < -0.3 is 9.72 Å². The fraction of sp³-hybridized carbons (Fsp3) is 0.250. The number of H-pyrrole nitrogens is 1. The van der Waals surface area contributed by atoms with E-state index in [9.17, 15) is 4.79 Å². The number of nitrogens with zero attached hydrogens (tertiary/aromatic N) is 1.